The molecule has 0 saturated carbocycles. The number of fused-ring (bicyclic) bond motifs is 2. The third-order valence-electron chi connectivity index (χ3n) is 5.38. The average molecular weight is 465 g/mol. The summed E-state index contributed by atoms with van der Waals surface area (Å²) >= 11 is 1.36. The first-order valence-electron chi connectivity index (χ1n) is 10.7. The van der Waals surface area contributed by atoms with E-state index in [2.05, 4.69) is 10.3 Å². The van der Waals surface area contributed by atoms with E-state index >= 15 is 0 Å². The number of allylic oxidation sites excluding steroid dienone is 1. The van der Waals surface area contributed by atoms with Crippen molar-refractivity contribution in [3.63, 3.8) is 0 Å². The van der Waals surface area contributed by atoms with Crippen molar-refractivity contribution in [3.8, 4) is 5.75 Å². The quantitative estimate of drug-likeness (QED) is 0.227. The average Bonchev–Trinajstić information content (AvgIpc) is 3.29. The maximum absolute atomic E-state index is 12.8. The first-order valence-corrected chi connectivity index (χ1v) is 11.5. The molecule has 2 heterocycles. The van der Waals surface area contributed by atoms with Crippen molar-refractivity contribution in [2.45, 2.75) is 0 Å². The fourth-order valence-electron chi connectivity index (χ4n) is 3.61. The first kappa shape index (κ1) is 21.6. The Morgan fingerprint density at radius 3 is 2.56 bits per heavy atom. The van der Waals surface area contributed by atoms with Gasteiger partial charge in [0.1, 0.15) is 10.6 Å². The van der Waals surface area contributed by atoms with Crippen LogP contribution in [0.15, 0.2) is 91.0 Å². The van der Waals surface area contributed by atoms with Gasteiger partial charge in [0, 0.05) is 22.0 Å². The van der Waals surface area contributed by atoms with Gasteiger partial charge in [-0.05, 0) is 66.2 Å². The Hall–Kier alpha value is -4.29. The van der Waals surface area contributed by atoms with Crippen LogP contribution in [0, 0.1) is 0 Å². The molecular formula is C28H20N2O3S. The van der Waals surface area contributed by atoms with Crippen molar-refractivity contribution in [1.29, 1.82) is 0 Å². The molecule has 0 unspecified atom stereocenters. The largest absolute Gasteiger partial charge is 0.497 e. The highest BCUT2D eigenvalue weighted by molar-refractivity contribution is 7.20. The number of thiophene rings is 1. The number of hydrogen-bond acceptors (Lipinski definition) is 5. The van der Waals surface area contributed by atoms with Gasteiger partial charge in [-0.25, -0.2) is 4.98 Å². The Balaban J connectivity index is 1.28. The van der Waals surface area contributed by atoms with Gasteiger partial charge in [0.05, 0.1) is 17.5 Å². The zero-order chi connectivity index (χ0) is 23.5. The number of aromatic nitrogens is 1. The Morgan fingerprint density at radius 1 is 0.912 bits per heavy atom. The highest BCUT2D eigenvalue weighted by Crippen LogP contribution is 2.28. The zero-order valence-electron chi connectivity index (χ0n) is 18.3. The van der Waals surface area contributed by atoms with Gasteiger partial charge in [-0.3, -0.25) is 9.59 Å². The molecule has 0 aliphatic carbocycles. The molecule has 0 radical (unpaired) electrons. The van der Waals surface area contributed by atoms with Crippen LogP contribution in [-0.2, 0) is 0 Å². The number of ketones is 1. The summed E-state index contributed by atoms with van der Waals surface area (Å²) in [4.78, 5) is 31.4. The van der Waals surface area contributed by atoms with Crippen molar-refractivity contribution in [2.24, 2.45) is 0 Å². The van der Waals surface area contributed by atoms with Crippen LogP contribution >= 0.6 is 11.3 Å². The summed E-state index contributed by atoms with van der Waals surface area (Å²) in [7, 11) is 1.60. The minimum absolute atomic E-state index is 0.122. The minimum Gasteiger partial charge on any atom is -0.497 e. The molecule has 1 N–H and O–H groups in total. The fourth-order valence-corrected chi connectivity index (χ4v) is 4.53. The molecule has 5 rings (SSSR count). The van der Waals surface area contributed by atoms with E-state index in [-0.39, 0.29) is 11.7 Å². The van der Waals surface area contributed by atoms with Crippen LogP contribution in [0.2, 0.25) is 0 Å². The number of amides is 1. The molecule has 2 aromatic heterocycles. The van der Waals surface area contributed by atoms with Crippen molar-refractivity contribution in [1.82, 2.24) is 4.98 Å². The Labute approximate surface area is 200 Å². The zero-order valence-corrected chi connectivity index (χ0v) is 19.1. The van der Waals surface area contributed by atoms with Crippen LogP contribution in [0.5, 0.6) is 5.75 Å². The van der Waals surface area contributed by atoms with E-state index < -0.39 is 0 Å². The number of pyridine rings is 1. The third-order valence-corrected chi connectivity index (χ3v) is 6.43. The highest BCUT2D eigenvalue weighted by atomic mass is 32.1. The minimum atomic E-state index is -0.205. The number of carbonyl (C=O) groups excluding carboxylic acids is 2. The molecule has 0 fully saturated rings. The lowest BCUT2D eigenvalue weighted by Crippen LogP contribution is -2.10. The number of para-hydroxylation sites is 1. The predicted molar refractivity (Wildman–Crippen MR) is 138 cm³/mol. The monoisotopic (exact) mass is 464 g/mol. The van der Waals surface area contributed by atoms with Crippen LogP contribution in [0.4, 0.5) is 5.69 Å². The molecular weight excluding hydrogens is 444 g/mol. The summed E-state index contributed by atoms with van der Waals surface area (Å²) in [5.74, 6) is 0.407. The standard InChI is InChI=1S/C28H20N2O3S/c1-33-23-7-4-5-18(15-23)9-14-25(31)19-10-12-22(13-11-19)29-27(32)26-17-21-16-20-6-2-3-8-24(20)30-28(21)34-26/h2-17H,1H3,(H,29,32)/b14-9+. The van der Waals surface area contributed by atoms with E-state index in [1.807, 2.05) is 60.7 Å². The van der Waals surface area contributed by atoms with Gasteiger partial charge in [0.2, 0.25) is 0 Å². The second-order valence-electron chi connectivity index (χ2n) is 7.69. The third kappa shape index (κ3) is 4.58. The molecule has 0 bridgehead atoms. The van der Waals surface area contributed by atoms with Gasteiger partial charge < -0.3 is 10.1 Å². The number of anilines is 1. The van der Waals surface area contributed by atoms with Crippen molar-refractivity contribution >= 4 is 55.9 Å². The Morgan fingerprint density at radius 2 is 1.74 bits per heavy atom. The molecule has 0 aliphatic rings. The summed E-state index contributed by atoms with van der Waals surface area (Å²) in [6.45, 7) is 0. The molecule has 0 aliphatic heterocycles. The fraction of sp³-hybridized carbons (Fsp3) is 0.0357. The molecule has 166 valence electrons. The van der Waals surface area contributed by atoms with Gasteiger partial charge in [0.15, 0.2) is 5.78 Å². The SMILES string of the molecule is COc1cccc(/C=C/C(=O)c2ccc(NC(=O)c3cc4cc5ccccc5nc4s3)cc2)c1. The normalized spacial score (nSPS) is 11.2. The summed E-state index contributed by atoms with van der Waals surface area (Å²) in [6.07, 6.45) is 3.27. The summed E-state index contributed by atoms with van der Waals surface area (Å²) in [6, 6.07) is 26.1. The van der Waals surface area contributed by atoms with E-state index in [0.29, 0.717) is 16.1 Å². The number of nitrogens with zero attached hydrogens (tertiary/aromatic N) is 1. The number of carbonyl (C=O) groups is 2. The van der Waals surface area contributed by atoms with E-state index in [0.717, 1.165) is 32.4 Å². The Bertz CT molecular complexity index is 1500. The van der Waals surface area contributed by atoms with Crippen molar-refractivity contribution < 1.29 is 14.3 Å². The summed E-state index contributed by atoms with van der Waals surface area (Å²) in [5, 5.41) is 4.88. The van der Waals surface area contributed by atoms with Gasteiger partial charge >= 0.3 is 0 Å². The molecule has 5 nitrogen and oxygen atoms in total. The molecule has 3 aromatic carbocycles. The van der Waals surface area contributed by atoms with Crippen LogP contribution in [-0.4, -0.2) is 23.8 Å². The second kappa shape index (κ2) is 9.29. The van der Waals surface area contributed by atoms with Crippen LogP contribution < -0.4 is 10.1 Å². The smallest absolute Gasteiger partial charge is 0.265 e. The van der Waals surface area contributed by atoms with Crippen LogP contribution in [0.1, 0.15) is 25.6 Å². The highest BCUT2D eigenvalue weighted by Gasteiger charge is 2.13. The molecule has 5 aromatic rings. The van der Waals surface area contributed by atoms with Crippen molar-refractivity contribution in [3.05, 3.63) is 107 Å². The van der Waals surface area contributed by atoms with E-state index in [9.17, 15) is 9.59 Å². The number of nitrogens with one attached hydrogen (secondary N) is 1. The molecule has 6 heteroatoms. The maximum Gasteiger partial charge on any atom is 0.265 e. The molecule has 0 spiro atoms. The first-order chi connectivity index (χ1) is 16.6. The summed E-state index contributed by atoms with van der Waals surface area (Å²) < 4.78 is 5.20. The van der Waals surface area contributed by atoms with E-state index in [1.165, 1.54) is 17.4 Å². The summed E-state index contributed by atoms with van der Waals surface area (Å²) in [5.41, 5.74) is 2.94. The Kier molecular flexibility index (Phi) is 5.89. The number of ether oxygens (including phenoxy) is 1. The van der Waals surface area contributed by atoms with Crippen LogP contribution in [0.3, 0.4) is 0 Å². The second-order valence-corrected chi connectivity index (χ2v) is 8.72. The maximum atomic E-state index is 12.8. The number of hydrogen-bond donors (Lipinski definition) is 1. The van der Waals surface area contributed by atoms with Gasteiger partial charge in [-0.15, -0.1) is 11.3 Å². The number of methoxy groups -OCH3 is 1. The van der Waals surface area contributed by atoms with E-state index in [4.69, 9.17) is 4.74 Å². The molecule has 1 amide bonds. The van der Waals surface area contributed by atoms with Crippen LogP contribution in [0.25, 0.3) is 27.2 Å². The lowest BCUT2D eigenvalue weighted by Gasteiger charge is -2.04. The lowest BCUT2D eigenvalue weighted by atomic mass is 10.1. The number of benzene rings is 3. The predicted octanol–water partition coefficient (Wildman–Crippen LogP) is 6.61. The van der Waals surface area contributed by atoms with Gasteiger partial charge in [0.25, 0.3) is 5.91 Å². The molecule has 0 saturated heterocycles. The van der Waals surface area contributed by atoms with Gasteiger partial charge in [-0.2, -0.15) is 0 Å². The topological polar surface area (TPSA) is 68.3 Å². The van der Waals surface area contributed by atoms with Gasteiger partial charge in [-0.1, -0.05) is 36.4 Å². The van der Waals surface area contributed by atoms with E-state index in [1.54, 1.807) is 37.5 Å². The molecule has 34 heavy (non-hydrogen) atoms. The molecule has 0 atom stereocenters. The number of rotatable bonds is 6. The van der Waals surface area contributed by atoms with Crippen molar-refractivity contribution in [2.75, 3.05) is 12.4 Å². The lowest BCUT2D eigenvalue weighted by molar-refractivity contribution is 0.102.